The molecule has 0 saturated heterocycles. The molecule has 11 heavy (non-hydrogen) atoms. The third kappa shape index (κ3) is 9.83. The van der Waals surface area contributed by atoms with Crippen LogP contribution in [-0.2, 0) is 0 Å². The van der Waals surface area contributed by atoms with E-state index >= 15 is 0 Å². The van der Waals surface area contributed by atoms with Crippen molar-refractivity contribution in [3.63, 3.8) is 0 Å². The van der Waals surface area contributed by atoms with E-state index in [1.165, 1.54) is 5.57 Å². The topological polar surface area (TPSA) is 0 Å². The first-order valence-corrected chi connectivity index (χ1v) is 5.05. The molecule has 1 heteroatoms. The Bertz CT molecular complexity index is 112. The molecule has 0 unspecified atom stereocenters. The van der Waals surface area contributed by atoms with Crippen LogP contribution in [0, 0.1) is 5.92 Å². The molecule has 0 N–H and O–H groups in total. The normalized spacial score (nSPS) is 10.5. The molecule has 0 aliphatic heterocycles. The molecule has 0 amide bonds. The van der Waals surface area contributed by atoms with Crippen LogP contribution in [0.3, 0.4) is 0 Å². The lowest BCUT2D eigenvalue weighted by Gasteiger charge is -2.01. The lowest BCUT2D eigenvalue weighted by molar-refractivity contribution is 0.772. The Morgan fingerprint density at radius 1 is 1.36 bits per heavy atom. The number of rotatable bonds is 3. The Morgan fingerprint density at radius 2 is 1.82 bits per heavy atom. The first-order chi connectivity index (χ1) is 5.18. The maximum Gasteiger partial charge on any atom is -0.0255 e. The lowest BCUT2D eigenvalue weighted by Crippen LogP contribution is -1.85. The fourth-order valence-corrected chi connectivity index (χ4v) is 0.875. The summed E-state index contributed by atoms with van der Waals surface area (Å²) in [5, 5.41) is 3.98. The van der Waals surface area contributed by atoms with Gasteiger partial charge in [0.25, 0.3) is 0 Å². The monoisotopic (exact) mass is 172 g/mol. The maximum atomic E-state index is 3.61. The molecule has 0 aromatic carbocycles. The Labute approximate surface area is 75.8 Å². The van der Waals surface area contributed by atoms with Gasteiger partial charge in [0.15, 0.2) is 0 Å². The standard InChI is InChI=1S/C8H14S.C2H6/c1-5-9-6-8(4)7(2)3;1-2/h5-7H,1H2,2-4H3;1-2H3/b8-6+;. The summed E-state index contributed by atoms with van der Waals surface area (Å²) in [5.41, 5.74) is 1.42. The van der Waals surface area contributed by atoms with Crippen LogP contribution in [0.2, 0.25) is 0 Å². The Morgan fingerprint density at radius 3 is 2.09 bits per heavy atom. The minimum Gasteiger partial charge on any atom is -0.107 e. The number of hydrogen-bond donors (Lipinski definition) is 0. The summed E-state index contributed by atoms with van der Waals surface area (Å²) in [6.07, 6.45) is 0. The number of thioether (sulfide) groups is 1. The largest absolute Gasteiger partial charge is 0.107 e. The fourth-order valence-electron chi connectivity index (χ4n) is 0.292. The highest BCUT2D eigenvalue weighted by Crippen LogP contribution is 2.13. The van der Waals surface area contributed by atoms with E-state index in [1.807, 2.05) is 19.3 Å². The zero-order chi connectivity index (χ0) is 9.28. The first-order valence-electron chi connectivity index (χ1n) is 4.11. The zero-order valence-corrected chi connectivity index (χ0v) is 9.16. The van der Waals surface area contributed by atoms with E-state index in [0.29, 0.717) is 5.92 Å². The van der Waals surface area contributed by atoms with E-state index in [-0.39, 0.29) is 0 Å². The average molecular weight is 172 g/mol. The summed E-state index contributed by atoms with van der Waals surface area (Å²) in [4.78, 5) is 0. The van der Waals surface area contributed by atoms with Gasteiger partial charge in [0, 0.05) is 0 Å². The van der Waals surface area contributed by atoms with E-state index in [4.69, 9.17) is 0 Å². The minimum absolute atomic E-state index is 0.664. The van der Waals surface area contributed by atoms with Gasteiger partial charge in [-0.3, -0.25) is 0 Å². The molecule has 0 spiro atoms. The molecule has 0 heterocycles. The van der Waals surface area contributed by atoms with E-state index in [0.717, 1.165) is 0 Å². The van der Waals surface area contributed by atoms with Gasteiger partial charge in [-0.25, -0.2) is 0 Å². The third-order valence-corrected chi connectivity index (χ3v) is 1.96. The number of allylic oxidation sites excluding steroid dienone is 1. The summed E-state index contributed by atoms with van der Waals surface area (Å²) in [7, 11) is 0. The van der Waals surface area contributed by atoms with Crippen molar-refractivity contribution in [2.24, 2.45) is 5.92 Å². The highest BCUT2D eigenvalue weighted by molar-refractivity contribution is 8.04. The van der Waals surface area contributed by atoms with Crippen molar-refractivity contribution < 1.29 is 0 Å². The Balaban J connectivity index is 0. The second kappa shape index (κ2) is 9.83. The van der Waals surface area contributed by atoms with Gasteiger partial charge in [-0.2, -0.15) is 0 Å². The Hall–Kier alpha value is -0.170. The van der Waals surface area contributed by atoms with Crippen LogP contribution in [0.15, 0.2) is 23.0 Å². The zero-order valence-electron chi connectivity index (χ0n) is 8.35. The molecular formula is C10H20S. The second-order valence-electron chi connectivity index (χ2n) is 2.32. The van der Waals surface area contributed by atoms with Gasteiger partial charge < -0.3 is 0 Å². The summed E-state index contributed by atoms with van der Waals surface area (Å²) in [5.74, 6) is 0.664. The minimum atomic E-state index is 0.664. The molecule has 0 atom stereocenters. The molecule has 0 aliphatic rings. The van der Waals surface area contributed by atoms with Crippen molar-refractivity contribution in [1.82, 2.24) is 0 Å². The van der Waals surface area contributed by atoms with Crippen molar-refractivity contribution in [1.29, 1.82) is 0 Å². The summed E-state index contributed by atoms with van der Waals surface area (Å²) >= 11 is 1.65. The van der Waals surface area contributed by atoms with E-state index < -0.39 is 0 Å². The van der Waals surface area contributed by atoms with Gasteiger partial charge in [0.2, 0.25) is 0 Å². The van der Waals surface area contributed by atoms with Crippen LogP contribution in [0.25, 0.3) is 0 Å². The smallest absolute Gasteiger partial charge is 0.0255 e. The lowest BCUT2D eigenvalue weighted by atomic mass is 10.1. The van der Waals surface area contributed by atoms with Crippen LogP contribution in [-0.4, -0.2) is 0 Å². The quantitative estimate of drug-likeness (QED) is 0.606. The Kier molecular flexibility index (Phi) is 12.0. The molecule has 0 nitrogen and oxygen atoms in total. The fraction of sp³-hybridized carbons (Fsp3) is 0.600. The predicted molar refractivity (Wildman–Crippen MR) is 57.7 cm³/mol. The SMILES string of the molecule is C=CS/C=C(\C)C(C)C.CC. The van der Waals surface area contributed by atoms with Crippen molar-refractivity contribution >= 4 is 11.8 Å². The van der Waals surface area contributed by atoms with E-state index in [9.17, 15) is 0 Å². The summed E-state index contributed by atoms with van der Waals surface area (Å²) in [6.45, 7) is 14.1. The molecule has 0 aromatic heterocycles. The van der Waals surface area contributed by atoms with Gasteiger partial charge in [-0.05, 0) is 23.7 Å². The van der Waals surface area contributed by atoms with Crippen molar-refractivity contribution in [3.8, 4) is 0 Å². The molecule has 0 aliphatic carbocycles. The van der Waals surface area contributed by atoms with Gasteiger partial charge >= 0.3 is 0 Å². The van der Waals surface area contributed by atoms with Gasteiger partial charge in [0.05, 0.1) is 0 Å². The number of hydrogen-bond acceptors (Lipinski definition) is 1. The van der Waals surface area contributed by atoms with Crippen LogP contribution in [0.1, 0.15) is 34.6 Å². The van der Waals surface area contributed by atoms with E-state index in [2.05, 4.69) is 32.8 Å². The van der Waals surface area contributed by atoms with Crippen molar-refractivity contribution in [2.75, 3.05) is 0 Å². The third-order valence-electron chi connectivity index (χ3n) is 1.26. The second-order valence-corrected chi connectivity index (χ2v) is 3.16. The van der Waals surface area contributed by atoms with Crippen LogP contribution >= 0.6 is 11.8 Å². The molecule has 0 bridgehead atoms. The summed E-state index contributed by atoms with van der Waals surface area (Å²) < 4.78 is 0. The molecule has 0 rings (SSSR count). The molecule has 0 radical (unpaired) electrons. The highest BCUT2D eigenvalue weighted by Gasteiger charge is 1.92. The van der Waals surface area contributed by atoms with Gasteiger partial charge in [-0.1, -0.05) is 39.8 Å². The molecular weight excluding hydrogens is 152 g/mol. The highest BCUT2D eigenvalue weighted by atomic mass is 32.2. The van der Waals surface area contributed by atoms with Crippen LogP contribution in [0.4, 0.5) is 0 Å². The predicted octanol–water partition coefficient (Wildman–Crippen LogP) is 4.45. The first kappa shape index (κ1) is 13.4. The van der Waals surface area contributed by atoms with Gasteiger partial charge in [-0.15, -0.1) is 11.8 Å². The maximum absolute atomic E-state index is 3.61. The molecule has 0 saturated carbocycles. The van der Waals surface area contributed by atoms with Gasteiger partial charge in [0.1, 0.15) is 0 Å². The van der Waals surface area contributed by atoms with Crippen molar-refractivity contribution in [3.05, 3.63) is 23.0 Å². The summed E-state index contributed by atoms with van der Waals surface area (Å²) in [6, 6.07) is 0. The average Bonchev–Trinajstić information content (AvgIpc) is 2.03. The molecule has 66 valence electrons. The molecule has 0 aromatic rings. The molecule has 0 fully saturated rings. The van der Waals surface area contributed by atoms with E-state index in [1.54, 1.807) is 11.8 Å². The van der Waals surface area contributed by atoms with Crippen molar-refractivity contribution in [2.45, 2.75) is 34.6 Å². The van der Waals surface area contributed by atoms with Crippen LogP contribution in [0.5, 0.6) is 0 Å². The van der Waals surface area contributed by atoms with Crippen LogP contribution < -0.4 is 0 Å².